The minimum absolute atomic E-state index is 0.0998. The maximum absolute atomic E-state index is 12.5. The third-order valence-corrected chi connectivity index (χ3v) is 9.54. The van der Waals surface area contributed by atoms with E-state index in [9.17, 15) is 24.2 Å². The van der Waals surface area contributed by atoms with Gasteiger partial charge < -0.3 is 24.6 Å². The molecule has 0 aliphatic carbocycles. The van der Waals surface area contributed by atoms with Gasteiger partial charge in [-0.05, 0) is 51.4 Å². The molecule has 0 saturated heterocycles. The van der Waals surface area contributed by atoms with E-state index >= 15 is 0 Å². The Morgan fingerprint density at radius 3 is 1.49 bits per heavy atom. The number of allylic oxidation sites excluding steroid dienone is 4. The SMILES string of the molecule is CCCCCCCC/C=C/CCCCCC(=O)OC[C@H](COP(=O)(O)OC[C@@H](O)CO)OC(=O)CC/C=C/CCCCCCCCCCCCC. The number of aliphatic hydroxyl groups is 2. The molecule has 0 saturated carbocycles. The van der Waals surface area contributed by atoms with E-state index < -0.39 is 51.8 Å². The summed E-state index contributed by atoms with van der Waals surface area (Å²) in [4.78, 5) is 34.8. The Hall–Kier alpha value is -1.55. The van der Waals surface area contributed by atoms with Crippen LogP contribution in [-0.4, -0.2) is 65.7 Å². The number of aliphatic hydroxyl groups excluding tert-OH is 2. The minimum Gasteiger partial charge on any atom is -0.462 e. The fourth-order valence-corrected chi connectivity index (χ4v) is 6.21. The summed E-state index contributed by atoms with van der Waals surface area (Å²) in [6, 6.07) is 0. The molecule has 0 bridgehead atoms. The first-order valence-electron chi connectivity index (χ1n) is 20.3. The lowest BCUT2D eigenvalue weighted by Crippen LogP contribution is -2.29. The zero-order chi connectivity index (χ0) is 37.7. The highest BCUT2D eigenvalue weighted by atomic mass is 31.2. The topological polar surface area (TPSA) is 149 Å². The summed E-state index contributed by atoms with van der Waals surface area (Å²) in [6.07, 6.45) is 34.5. The maximum Gasteiger partial charge on any atom is 0.472 e. The third kappa shape index (κ3) is 36.6. The van der Waals surface area contributed by atoms with Gasteiger partial charge in [-0.3, -0.25) is 18.6 Å². The van der Waals surface area contributed by atoms with Crippen LogP contribution in [0.25, 0.3) is 0 Å². The second kappa shape index (κ2) is 36.8. The lowest BCUT2D eigenvalue weighted by Gasteiger charge is -2.20. The summed E-state index contributed by atoms with van der Waals surface area (Å²) in [6.45, 7) is 2.31. The summed E-state index contributed by atoms with van der Waals surface area (Å²) in [5.74, 6) is -0.998. The molecule has 1 unspecified atom stereocenters. The number of phosphoric ester groups is 1. The highest BCUT2D eigenvalue weighted by Crippen LogP contribution is 2.43. The van der Waals surface area contributed by atoms with Crippen molar-refractivity contribution in [2.24, 2.45) is 0 Å². The van der Waals surface area contributed by atoms with Gasteiger partial charge >= 0.3 is 19.8 Å². The summed E-state index contributed by atoms with van der Waals surface area (Å²) in [7, 11) is -4.62. The van der Waals surface area contributed by atoms with Crippen LogP contribution in [0.3, 0.4) is 0 Å². The molecule has 0 aromatic heterocycles. The second-order valence-electron chi connectivity index (χ2n) is 13.7. The standard InChI is InChI=1S/C40H75O10P/c1-3-5-7-9-11-13-15-17-18-20-22-24-26-28-30-32-40(44)50-38(36-49-51(45,46)48-34-37(42)33-41)35-47-39(43)31-29-27-25-23-21-19-16-14-12-10-8-6-4-2/h19,21,26,28,37-38,41-42H,3-18,20,22-25,27,29-36H2,1-2H3,(H,45,46)/b21-19+,28-26+/t37-,38+/m0/s1. The first-order chi connectivity index (χ1) is 24.7. The maximum atomic E-state index is 12.5. The van der Waals surface area contributed by atoms with Gasteiger partial charge in [-0.15, -0.1) is 0 Å². The van der Waals surface area contributed by atoms with E-state index in [1.54, 1.807) is 0 Å². The fourth-order valence-electron chi connectivity index (χ4n) is 5.42. The number of phosphoric acid groups is 1. The molecule has 10 nitrogen and oxygen atoms in total. The second-order valence-corrected chi connectivity index (χ2v) is 15.1. The molecule has 0 fully saturated rings. The highest BCUT2D eigenvalue weighted by Gasteiger charge is 2.27. The molecule has 51 heavy (non-hydrogen) atoms. The van der Waals surface area contributed by atoms with E-state index in [4.69, 9.17) is 19.1 Å². The molecule has 0 radical (unpaired) electrons. The van der Waals surface area contributed by atoms with Crippen molar-refractivity contribution in [2.75, 3.05) is 26.4 Å². The molecule has 0 aromatic carbocycles. The van der Waals surface area contributed by atoms with Crippen LogP contribution >= 0.6 is 7.82 Å². The van der Waals surface area contributed by atoms with E-state index in [1.807, 2.05) is 6.08 Å². The van der Waals surface area contributed by atoms with Gasteiger partial charge in [0.1, 0.15) is 12.7 Å². The van der Waals surface area contributed by atoms with Gasteiger partial charge in [-0.2, -0.15) is 0 Å². The number of ether oxygens (including phenoxy) is 2. The molecule has 3 atom stereocenters. The van der Waals surface area contributed by atoms with Crippen LogP contribution in [0.4, 0.5) is 0 Å². The Labute approximate surface area is 310 Å². The number of unbranched alkanes of at least 4 members (excludes halogenated alkanes) is 20. The van der Waals surface area contributed by atoms with Crippen LogP contribution in [0.5, 0.6) is 0 Å². The van der Waals surface area contributed by atoms with Crippen molar-refractivity contribution < 1.29 is 47.8 Å². The summed E-state index contributed by atoms with van der Waals surface area (Å²) >= 11 is 0. The quantitative estimate of drug-likeness (QED) is 0.0241. The number of carbonyl (C=O) groups excluding carboxylic acids is 2. The van der Waals surface area contributed by atoms with Gasteiger partial charge in [-0.25, -0.2) is 4.57 Å². The zero-order valence-electron chi connectivity index (χ0n) is 32.3. The van der Waals surface area contributed by atoms with Crippen LogP contribution in [0.1, 0.15) is 181 Å². The normalized spacial score (nSPS) is 14.2. The molecule has 3 N–H and O–H groups in total. The average molecular weight is 747 g/mol. The largest absolute Gasteiger partial charge is 0.472 e. The summed E-state index contributed by atoms with van der Waals surface area (Å²) < 4.78 is 32.5. The molecule has 0 aliphatic heterocycles. The number of esters is 2. The first-order valence-corrected chi connectivity index (χ1v) is 21.8. The molecule has 0 aliphatic rings. The van der Waals surface area contributed by atoms with Crippen LogP contribution < -0.4 is 0 Å². The molecular weight excluding hydrogens is 671 g/mol. The summed E-state index contributed by atoms with van der Waals surface area (Å²) in [5.41, 5.74) is 0. The predicted molar refractivity (Wildman–Crippen MR) is 205 cm³/mol. The van der Waals surface area contributed by atoms with Crippen LogP contribution in [0.15, 0.2) is 24.3 Å². The number of hydrogen-bond donors (Lipinski definition) is 3. The third-order valence-electron chi connectivity index (χ3n) is 8.59. The fraction of sp³-hybridized carbons (Fsp3) is 0.850. The van der Waals surface area contributed by atoms with Crippen LogP contribution in [0.2, 0.25) is 0 Å². The van der Waals surface area contributed by atoms with Crippen molar-refractivity contribution >= 4 is 19.8 Å². The van der Waals surface area contributed by atoms with Crippen molar-refractivity contribution in [1.82, 2.24) is 0 Å². The Morgan fingerprint density at radius 2 is 1.00 bits per heavy atom. The van der Waals surface area contributed by atoms with Crippen molar-refractivity contribution in [3.05, 3.63) is 24.3 Å². The lowest BCUT2D eigenvalue weighted by atomic mass is 10.1. The molecule has 0 amide bonds. The minimum atomic E-state index is -4.62. The van der Waals surface area contributed by atoms with E-state index in [-0.39, 0.29) is 19.4 Å². The smallest absolute Gasteiger partial charge is 0.462 e. The van der Waals surface area contributed by atoms with Gasteiger partial charge in [0.15, 0.2) is 6.10 Å². The molecule has 0 heterocycles. The zero-order valence-corrected chi connectivity index (χ0v) is 33.2. The molecule has 300 valence electrons. The number of carbonyl (C=O) groups is 2. The molecule has 0 spiro atoms. The predicted octanol–water partition coefficient (Wildman–Crippen LogP) is 10.2. The Kier molecular flexibility index (Phi) is 35.7. The first kappa shape index (κ1) is 49.5. The van der Waals surface area contributed by atoms with Crippen LogP contribution in [0, 0.1) is 0 Å². The highest BCUT2D eigenvalue weighted by molar-refractivity contribution is 7.47. The molecule has 0 rings (SSSR count). The Balaban J connectivity index is 4.40. The Bertz CT molecular complexity index is 910. The van der Waals surface area contributed by atoms with E-state index in [0.29, 0.717) is 12.8 Å². The molecule has 0 aromatic rings. The number of rotatable bonds is 38. The van der Waals surface area contributed by atoms with Gasteiger partial charge in [0, 0.05) is 12.8 Å². The summed E-state index contributed by atoms with van der Waals surface area (Å²) in [5, 5.41) is 18.3. The van der Waals surface area contributed by atoms with Gasteiger partial charge in [0.25, 0.3) is 0 Å². The van der Waals surface area contributed by atoms with Crippen LogP contribution in [-0.2, 0) is 32.7 Å². The Morgan fingerprint density at radius 1 is 0.569 bits per heavy atom. The van der Waals surface area contributed by atoms with E-state index in [1.165, 1.54) is 103 Å². The van der Waals surface area contributed by atoms with Crippen molar-refractivity contribution in [3.8, 4) is 0 Å². The molecular formula is C40H75O10P. The van der Waals surface area contributed by atoms with Gasteiger partial charge in [0.05, 0.1) is 19.8 Å². The van der Waals surface area contributed by atoms with Crippen molar-refractivity contribution in [3.63, 3.8) is 0 Å². The van der Waals surface area contributed by atoms with Gasteiger partial charge in [-0.1, -0.05) is 141 Å². The van der Waals surface area contributed by atoms with E-state index in [2.05, 4.69) is 36.6 Å². The van der Waals surface area contributed by atoms with E-state index in [0.717, 1.165) is 38.5 Å². The monoisotopic (exact) mass is 747 g/mol. The average Bonchev–Trinajstić information content (AvgIpc) is 3.12. The lowest BCUT2D eigenvalue weighted by molar-refractivity contribution is -0.161. The van der Waals surface area contributed by atoms with Crippen molar-refractivity contribution in [2.45, 2.75) is 193 Å². The van der Waals surface area contributed by atoms with Gasteiger partial charge in [0.2, 0.25) is 0 Å². The number of hydrogen-bond acceptors (Lipinski definition) is 9. The van der Waals surface area contributed by atoms with Crippen molar-refractivity contribution in [1.29, 1.82) is 0 Å². The molecule has 11 heteroatoms.